The minimum absolute atomic E-state index is 0.0885. The number of nitrogens with zero attached hydrogens (tertiary/aromatic N) is 1. The van der Waals surface area contributed by atoms with E-state index in [0.29, 0.717) is 49.0 Å². The molecule has 2 N–H and O–H groups in total. The zero-order chi connectivity index (χ0) is 28.8. The maximum Gasteiger partial charge on any atom is 0.235 e. The number of nitrogens with one attached hydrogen (secondary N) is 1. The van der Waals surface area contributed by atoms with Crippen LogP contribution in [0.4, 0.5) is 0 Å². The number of sulfonamides is 1. The molecule has 214 valence electrons. The fraction of sp³-hybridized carbons (Fsp3) is 0.400. The summed E-state index contributed by atoms with van der Waals surface area (Å²) in [4.78, 5) is 16.0. The summed E-state index contributed by atoms with van der Waals surface area (Å²) in [5.74, 6) is 1.38. The minimum Gasteiger partial charge on any atom is -0.490 e. The van der Waals surface area contributed by atoms with Crippen molar-refractivity contribution in [2.45, 2.75) is 63.6 Å². The second-order valence-corrected chi connectivity index (χ2v) is 12.5. The lowest BCUT2D eigenvalue weighted by Crippen LogP contribution is -2.40. The van der Waals surface area contributed by atoms with Crippen LogP contribution in [0.15, 0.2) is 78.7 Å². The molecule has 1 aliphatic heterocycles. The second kappa shape index (κ2) is 12.7. The first-order valence-corrected chi connectivity index (χ1v) is 14.9. The van der Waals surface area contributed by atoms with Crippen LogP contribution in [-0.4, -0.2) is 48.5 Å². The summed E-state index contributed by atoms with van der Waals surface area (Å²) >= 11 is 0. The van der Waals surface area contributed by atoms with Crippen LogP contribution < -0.4 is 18.9 Å². The van der Waals surface area contributed by atoms with Gasteiger partial charge in [0.05, 0.1) is 24.2 Å². The van der Waals surface area contributed by atoms with Crippen LogP contribution >= 0.6 is 0 Å². The minimum atomic E-state index is -3.59. The lowest BCUT2D eigenvalue weighted by Gasteiger charge is -2.23. The molecule has 0 radical (unpaired) electrons. The Labute approximate surface area is 235 Å². The van der Waals surface area contributed by atoms with Gasteiger partial charge in [0.1, 0.15) is 23.4 Å². The Morgan fingerprint density at radius 3 is 2.58 bits per heavy atom. The molecule has 2 aliphatic rings. The van der Waals surface area contributed by atoms with Crippen molar-refractivity contribution in [3.63, 3.8) is 0 Å². The Morgan fingerprint density at radius 2 is 1.90 bits per heavy atom. The van der Waals surface area contributed by atoms with Gasteiger partial charge in [-0.25, -0.2) is 13.4 Å². The van der Waals surface area contributed by atoms with Gasteiger partial charge in [0.2, 0.25) is 21.8 Å². The molecule has 0 spiro atoms. The molecule has 2 heterocycles. The highest BCUT2D eigenvalue weighted by Gasteiger charge is 2.30. The van der Waals surface area contributed by atoms with Crippen molar-refractivity contribution in [1.29, 1.82) is 0 Å². The predicted octanol–water partition coefficient (Wildman–Crippen LogP) is 4.56. The van der Waals surface area contributed by atoms with Gasteiger partial charge in [-0.2, -0.15) is 0 Å². The molecule has 1 aromatic heterocycles. The van der Waals surface area contributed by atoms with Crippen LogP contribution in [0.2, 0.25) is 0 Å². The number of carbonyl (C=O) groups excluding carboxylic acids is 1. The van der Waals surface area contributed by atoms with Crippen molar-refractivity contribution < 1.29 is 32.5 Å². The summed E-state index contributed by atoms with van der Waals surface area (Å²) in [5, 5.41) is 9.80. The summed E-state index contributed by atoms with van der Waals surface area (Å²) in [5.41, 5.74) is 0.831. The standard InChI is InChI=1S/C30H36N2O7S/c1-21-8-11-24(38-25-12-9-22(10-13-25)23-18-28(33)32-40(35,36)20-23)6-4-5-7-27(21)39-26-14-15-29(31-19-26)37-17-16-30(2,3)34/h4-5,7,9-10,12-15,19,23-24,34H,1,6,8,11,16-18,20H2,2-3H3,(H,32,33)/b5-4-,27-7+/t23?,24-/m0/s1. The fourth-order valence-electron chi connectivity index (χ4n) is 4.37. The van der Waals surface area contributed by atoms with Crippen molar-refractivity contribution >= 4 is 15.9 Å². The van der Waals surface area contributed by atoms with E-state index < -0.39 is 21.5 Å². The number of ether oxygens (including phenoxy) is 3. The number of rotatable bonds is 9. The zero-order valence-electron chi connectivity index (χ0n) is 22.8. The van der Waals surface area contributed by atoms with Gasteiger partial charge >= 0.3 is 0 Å². The monoisotopic (exact) mass is 568 g/mol. The van der Waals surface area contributed by atoms with Gasteiger partial charge in [0, 0.05) is 31.2 Å². The molecule has 1 aliphatic carbocycles. The highest BCUT2D eigenvalue weighted by Crippen LogP contribution is 2.29. The molecule has 2 atom stereocenters. The molecule has 0 bridgehead atoms. The normalized spacial score (nSPS) is 23.4. The number of hydrogen-bond acceptors (Lipinski definition) is 8. The molecule has 2 aromatic rings. The molecule has 0 saturated carbocycles. The van der Waals surface area contributed by atoms with E-state index in [9.17, 15) is 18.3 Å². The Kier molecular flexibility index (Phi) is 9.32. The third kappa shape index (κ3) is 8.96. The number of pyridine rings is 1. The van der Waals surface area contributed by atoms with Crippen molar-refractivity contribution in [3.05, 3.63) is 84.3 Å². The number of amides is 1. The van der Waals surface area contributed by atoms with E-state index in [4.69, 9.17) is 14.2 Å². The molecule has 4 rings (SSSR count). The molecule has 1 amide bonds. The smallest absolute Gasteiger partial charge is 0.235 e. The van der Waals surface area contributed by atoms with Gasteiger partial charge in [-0.05, 0) is 62.1 Å². The molecule has 1 unspecified atom stereocenters. The zero-order valence-corrected chi connectivity index (χ0v) is 23.7. The van der Waals surface area contributed by atoms with Gasteiger partial charge in [0.15, 0.2) is 0 Å². The molecule has 1 saturated heterocycles. The molecule has 1 aromatic carbocycles. The lowest BCUT2D eigenvalue weighted by atomic mass is 9.97. The highest BCUT2D eigenvalue weighted by molar-refractivity contribution is 7.90. The number of aromatic nitrogens is 1. The van der Waals surface area contributed by atoms with E-state index >= 15 is 0 Å². The van der Waals surface area contributed by atoms with E-state index in [1.54, 1.807) is 32.2 Å². The third-order valence-electron chi connectivity index (χ3n) is 6.58. The summed E-state index contributed by atoms with van der Waals surface area (Å²) in [6, 6.07) is 10.8. The number of aliphatic hydroxyl groups is 1. The molecule has 9 nitrogen and oxygen atoms in total. The summed E-state index contributed by atoms with van der Waals surface area (Å²) in [6.07, 6.45) is 10.0. The van der Waals surface area contributed by atoms with E-state index in [1.165, 1.54) is 0 Å². The summed E-state index contributed by atoms with van der Waals surface area (Å²) < 4.78 is 43.7. The van der Waals surface area contributed by atoms with Crippen molar-refractivity contribution in [2.24, 2.45) is 0 Å². The quantitative estimate of drug-likeness (QED) is 0.451. The van der Waals surface area contributed by atoms with E-state index in [2.05, 4.69) is 11.6 Å². The molecule has 40 heavy (non-hydrogen) atoms. The Morgan fingerprint density at radius 1 is 1.15 bits per heavy atom. The topological polar surface area (TPSA) is 124 Å². The molecular weight excluding hydrogens is 532 g/mol. The SMILES string of the molecule is C=C1CC[C@@H](Oc2ccc(C3CC(=O)NS(=O)(=O)C3)cc2)C/C=C\C=C/1Oc1ccc(OCCC(C)(C)O)nc1. The number of benzene rings is 1. The first-order valence-electron chi connectivity index (χ1n) is 13.3. The average Bonchev–Trinajstić information content (AvgIpc) is 2.95. The number of hydrogen-bond donors (Lipinski definition) is 2. The maximum atomic E-state index is 11.9. The first-order chi connectivity index (χ1) is 19.0. The van der Waals surface area contributed by atoms with Crippen LogP contribution in [0.25, 0.3) is 0 Å². The van der Waals surface area contributed by atoms with Crippen LogP contribution in [0, 0.1) is 0 Å². The van der Waals surface area contributed by atoms with Gasteiger partial charge < -0.3 is 19.3 Å². The fourth-order valence-corrected chi connectivity index (χ4v) is 5.72. The average molecular weight is 569 g/mol. The third-order valence-corrected chi connectivity index (χ3v) is 7.96. The Bertz CT molecular complexity index is 1360. The van der Waals surface area contributed by atoms with Gasteiger partial charge in [0.25, 0.3) is 0 Å². The number of carbonyl (C=O) groups is 1. The molecule has 1 fully saturated rings. The van der Waals surface area contributed by atoms with Gasteiger partial charge in [-0.3, -0.25) is 9.52 Å². The van der Waals surface area contributed by atoms with Crippen molar-refractivity contribution in [1.82, 2.24) is 9.71 Å². The summed E-state index contributed by atoms with van der Waals surface area (Å²) in [6.45, 7) is 8.03. The van der Waals surface area contributed by atoms with E-state index in [0.717, 1.165) is 17.6 Å². The second-order valence-electron chi connectivity index (χ2n) is 10.7. The molecule has 10 heteroatoms. The van der Waals surface area contributed by atoms with Gasteiger partial charge in [-0.15, -0.1) is 0 Å². The van der Waals surface area contributed by atoms with Crippen molar-refractivity contribution in [3.8, 4) is 17.4 Å². The van der Waals surface area contributed by atoms with E-state index in [1.807, 2.05) is 47.2 Å². The maximum absolute atomic E-state index is 11.9. The van der Waals surface area contributed by atoms with Crippen molar-refractivity contribution in [2.75, 3.05) is 12.4 Å². The van der Waals surface area contributed by atoms with Crippen LogP contribution in [0.1, 0.15) is 57.4 Å². The Balaban J connectivity index is 1.29. The van der Waals surface area contributed by atoms with Crippen LogP contribution in [0.5, 0.6) is 17.4 Å². The van der Waals surface area contributed by atoms with Crippen LogP contribution in [0.3, 0.4) is 0 Å². The Hall–Kier alpha value is -3.63. The number of allylic oxidation sites excluding steroid dienone is 3. The van der Waals surface area contributed by atoms with Gasteiger partial charge in [-0.1, -0.05) is 30.9 Å². The van der Waals surface area contributed by atoms with E-state index in [-0.39, 0.29) is 24.2 Å². The van der Waals surface area contributed by atoms with Crippen LogP contribution in [-0.2, 0) is 14.8 Å². The first kappa shape index (κ1) is 29.4. The molecular formula is C30H36N2O7S. The lowest BCUT2D eigenvalue weighted by molar-refractivity contribution is -0.119. The predicted molar refractivity (Wildman–Crippen MR) is 152 cm³/mol. The summed E-state index contributed by atoms with van der Waals surface area (Å²) in [7, 11) is -3.59. The highest BCUT2D eigenvalue weighted by atomic mass is 32.2. The largest absolute Gasteiger partial charge is 0.490 e.